The van der Waals surface area contributed by atoms with Crippen LogP contribution in [0.25, 0.3) is 0 Å². The summed E-state index contributed by atoms with van der Waals surface area (Å²) in [5.74, 6) is -5.62. The maximum Gasteiger partial charge on any atom is 0.326 e. The average Bonchev–Trinajstić information content (AvgIpc) is 3.01. The van der Waals surface area contributed by atoms with Crippen molar-refractivity contribution in [3.05, 3.63) is 65.7 Å². The number of benzene rings is 2. The third kappa shape index (κ3) is 12.6. The Morgan fingerprint density at radius 1 is 0.733 bits per heavy atom. The number of rotatable bonds is 17. The quantitative estimate of drug-likeness (QED) is 0.0825. The zero-order chi connectivity index (χ0) is 33.5. The Labute approximate surface area is 258 Å². The zero-order valence-corrected chi connectivity index (χ0v) is 24.4. The van der Waals surface area contributed by atoms with Crippen LogP contribution in [0.2, 0.25) is 0 Å². The molecular formula is C29H38N6O10. The molecule has 2 aromatic carbocycles. The summed E-state index contributed by atoms with van der Waals surface area (Å²) in [6, 6.07) is 8.86. The first kappa shape index (κ1) is 36.1. The van der Waals surface area contributed by atoms with Gasteiger partial charge in [0.05, 0.1) is 25.8 Å². The fourth-order valence-corrected chi connectivity index (χ4v) is 3.91. The van der Waals surface area contributed by atoms with E-state index >= 15 is 0 Å². The zero-order valence-electron chi connectivity index (χ0n) is 24.4. The van der Waals surface area contributed by atoms with Gasteiger partial charge in [-0.05, 0) is 30.2 Å². The van der Waals surface area contributed by atoms with Crippen molar-refractivity contribution < 1.29 is 49.2 Å². The second kappa shape index (κ2) is 17.9. The number of hydrogen-bond acceptors (Lipinski definition) is 10. The topological polar surface area (TPSA) is 270 Å². The smallest absolute Gasteiger partial charge is 0.326 e. The predicted molar refractivity (Wildman–Crippen MR) is 158 cm³/mol. The van der Waals surface area contributed by atoms with E-state index in [1.165, 1.54) is 31.2 Å². The highest BCUT2D eigenvalue weighted by atomic mass is 16.4. The summed E-state index contributed by atoms with van der Waals surface area (Å²) in [4.78, 5) is 74.2. The highest BCUT2D eigenvalue weighted by Crippen LogP contribution is 2.12. The summed E-state index contributed by atoms with van der Waals surface area (Å²) in [5, 5.41) is 49.7. The van der Waals surface area contributed by atoms with Crippen molar-refractivity contribution in [2.24, 2.45) is 5.73 Å². The van der Waals surface area contributed by atoms with Gasteiger partial charge in [0.25, 0.3) is 0 Å². The molecule has 11 N–H and O–H groups in total. The number of aliphatic hydroxyl groups is 2. The maximum absolute atomic E-state index is 13.1. The van der Waals surface area contributed by atoms with Crippen LogP contribution in [0.5, 0.6) is 5.75 Å². The van der Waals surface area contributed by atoms with Crippen LogP contribution >= 0.6 is 0 Å². The molecule has 0 aromatic heterocycles. The fraction of sp³-hybridized carbons (Fsp3) is 0.379. The molecule has 0 bridgehead atoms. The number of carbonyl (C=O) groups is 6. The molecule has 0 saturated heterocycles. The van der Waals surface area contributed by atoms with E-state index in [-0.39, 0.29) is 18.6 Å². The fourth-order valence-electron chi connectivity index (χ4n) is 3.91. The molecule has 16 nitrogen and oxygen atoms in total. The maximum atomic E-state index is 13.1. The normalized spacial score (nSPS) is 14.0. The molecule has 244 valence electrons. The molecule has 0 unspecified atom stereocenters. The van der Waals surface area contributed by atoms with Crippen molar-refractivity contribution >= 4 is 35.5 Å². The van der Waals surface area contributed by atoms with Gasteiger partial charge in [0.1, 0.15) is 29.9 Å². The van der Waals surface area contributed by atoms with Gasteiger partial charge in [0.2, 0.25) is 29.5 Å². The molecule has 0 aliphatic heterocycles. The molecule has 0 heterocycles. The number of phenolic OH excluding ortho intramolecular Hbond substituents is 1. The van der Waals surface area contributed by atoms with Crippen molar-refractivity contribution in [2.45, 2.75) is 50.0 Å². The lowest BCUT2D eigenvalue weighted by molar-refractivity contribution is -0.141. The Morgan fingerprint density at radius 2 is 1.31 bits per heavy atom. The number of carboxylic acid groups (broad SMARTS) is 1. The Balaban J connectivity index is 1.94. The molecule has 2 rings (SSSR count). The van der Waals surface area contributed by atoms with Gasteiger partial charge in [-0.15, -0.1) is 0 Å². The largest absolute Gasteiger partial charge is 0.508 e. The third-order valence-electron chi connectivity index (χ3n) is 6.39. The number of nitrogens with one attached hydrogen (secondary N) is 5. The first-order chi connectivity index (χ1) is 21.3. The summed E-state index contributed by atoms with van der Waals surface area (Å²) in [6.07, 6.45) is -1.54. The van der Waals surface area contributed by atoms with Crippen molar-refractivity contribution in [1.29, 1.82) is 0 Å². The van der Waals surface area contributed by atoms with E-state index in [9.17, 15) is 49.2 Å². The van der Waals surface area contributed by atoms with E-state index in [1.807, 2.05) is 0 Å². The van der Waals surface area contributed by atoms with Gasteiger partial charge in [0.15, 0.2) is 0 Å². The second-order valence-corrected chi connectivity index (χ2v) is 10.1. The molecule has 0 aliphatic rings. The molecular weight excluding hydrogens is 592 g/mol. The highest BCUT2D eigenvalue weighted by Gasteiger charge is 2.31. The summed E-state index contributed by atoms with van der Waals surface area (Å²) in [7, 11) is 0. The van der Waals surface area contributed by atoms with Gasteiger partial charge < -0.3 is 52.7 Å². The summed E-state index contributed by atoms with van der Waals surface area (Å²) < 4.78 is 0. The van der Waals surface area contributed by atoms with Gasteiger partial charge in [-0.1, -0.05) is 42.5 Å². The number of nitrogens with two attached hydrogens (primary N) is 1. The van der Waals surface area contributed by atoms with E-state index in [1.54, 1.807) is 30.3 Å². The minimum atomic E-state index is -1.58. The van der Waals surface area contributed by atoms with Crippen LogP contribution in [0, 0.1) is 0 Å². The molecule has 5 atom stereocenters. The van der Waals surface area contributed by atoms with Crippen LogP contribution < -0.4 is 32.3 Å². The number of carbonyl (C=O) groups excluding carboxylic acids is 5. The minimum absolute atomic E-state index is 0.0199. The van der Waals surface area contributed by atoms with Crippen molar-refractivity contribution in [2.75, 3.05) is 19.7 Å². The second-order valence-electron chi connectivity index (χ2n) is 10.1. The highest BCUT2D eigenvalue weighted by molar-refractivity contribution is 5.95. The van der Waals surface area contributed by atoms with Crippen LogP contribution in [0.15, 0.2) is 54.6 Å². The van der Waals surface area contributed by atoms with Gasteiger partial charge >= 0.3 is 5.97 Å². The summed E-state index contributed by atoms with van der Waals surface area (Å²) in [5.41, 5.74) is 6.73. The Kier molecular flexibility index (Phi) is 14.4. The lowest BCUT2D eigenvalue weighted by Crippen LogP contribution is -2.59. The summed E-state index contributed by atoms with van der Waals surface area (Å²) >= 11 is 0. The molecule has 16 heteroatoms. The van der Waals surface area contributed by atoms with Gasteiger partial charge in [-0.25, -0.2) is 4.79 Å². The monoisotopic (exact) mass is 630 g/mol. The van der Waals surface area contributed by atoms with Gasteiger partial charge in [-0.3, -0.25) is 24.0 Å². The van der Waals surface area contributed by atoms with Crippen LogP contribution in [0.3, 0.4) is 0 Å². The molecule has 0 radical (unpaired) electrons. The minimum Gasteiger partial charge on any atom is -0.508 e. The SMILES string of the molecule is C[C@@H](O)[C@H](NC(=O)[C@H](Cc1ccc(O)cc1)NC(=O)[C@@H](N)CO)C(=O)NCC(=O)NCC(=O)N[C@@H](Cc1ccccc1)C(=O)O. The molecule has 45 heavy (non-hydrogen) atoms. The molecule has 0 spiro atoms. The number of carboxylic acids is 1. The van der Waals surface area contributed by atoms with Crippen LogP contribution in [-0.2, 0) is 41.6 Å². The Morgan fingerprint density at radius 3 is 1.89 bits per heavy atom. The number of aliphatic carboxylic acids is 1. The molecule has 0 aliphatic carbocycles. The number of hydrogen-bond donors (Lipinski definition) is 10. The standard InChI is InChI=1S/C29H38N6O10/c1-16(37)25(35-27(42)21(34-26(41)20(30)15-36)11-18-7-9-19(38)10-8-18)28(43)32-13-23(39)31-14-24(40)33-22(29(44)45)12-17-5-3-2-4-6-17/h2-10,16,20-22,25,36-38H,11-15,30H2,1H3,(H,31,39)(H,32,43)(H,33,40)(H,34,41)(H,35,42)(H,44,45)/t16-,20+,21+,22+,25+/m1/s1. The van der Waals surface area contributed by atoms with E-state index in [0.29, 0.717) is 11.1 Å². The van der Waals surface area contributed by atoms with Crippen LogP contribution in [-0.4, -0.2) is 106 Å². The Bertz CT molecular complexity index is 1320. The van der Waals surface area contributed by atoms with Crippen molar-refractivity contribution in [3.8, 4) is 5.75 Å². The van der Waals surface area contributed by atoms with Crippen molar-refractivity contribution in [1.82, 2.24) is 26.6 Å². The van der Waals surface area contributed by atoms with Crippen LogP contribution in [0.1, 0.15) is 18.1 Å². The molecule has 5 amide bonds. The molecule has 0 saturated carbocycles. The summed E-state index contributed by atoms with van der Waals surface area (Å²) in [6.45, 7) is -0.733. The third-order valence-corrected chi connectivity index (χ3v) is 6.39. The van der Waals surface area contributed by atoms with Crippen LogP contribution in [0.4, 0.5) is 0 Å². The average molecular weight is 631 g/mol. The first-order valence-corrected chi connectivity index (χ1v) is 13.8. The van der Waals surface area contributed by atoms with Gasteiger partial charge in [-0.2, -0.15) is 0 Å². The van der Waals surface area contributed by atoms with E-state index in [2.05, 4.69) is 26.6 Å². The lowest BCUT2D eigenvalue weighted by Gasteiger charge is -2.25. The van der Waals surface area contributed by atoms with E-state index < -0.39 is 85.5 Å². The van der Waals surface area contributed by atoms with Crippen molar-refractivity contribution in [3.63, 3.8) is 0 Å². The Hall–Kier alpha value is -5.06. The van der Waals surface area contributed by atoms with E-state index in [0.717, 1.165) is 0 Å². The lowest BCUT2D eigenvalue weighted by atomic mass is 10.0. The number of aromatic hydroxyl groups is 1. The first-order valence-electron chi connectivity index (χ1n) is 13.8. The molecule has 2 aromatic rings. The van der Waals surface area contributed by atoms with Gasteiger partial charge in [0, 0.05) is 12.8 Å². The number of amides is 5. The number of aliphatic hydroxyl groups excluding tert-OH is 2. The number of phenols is 1. The molecule has 0 fully saturated rings. The predicted octanol–water partition coefficient (Wildman–Crippen LogP) is -3.35. The van der Waals surface area contributed by atoms with E-state index in [4.69, 9.17) is 5.73 Å².